The molecule has 1 aromatic heterocycles. The molecule has 0 unspecified atom stereocenters. The molecule has 1 fully saturated rings. The van der Waals surface area contributed by atoms with E-state index in [1.54, 1.807) is 18.5 Å². The topological polar surface area (TPSA) is 99.1 Å². The van der Waals surface area contributed by atoms with Gasteiger partial charge in [0.15, 0.2) is 0 Å². The fourth-order valence-electron chi connectivity index (χ4n) is 3.60. The van der Waals surface area contributed by atoms with Crippen LogP contribution in [0.15, 0.2) is 24.5 Å². The minimum absolute atomic E-state index is 0. The Morgan fingerprint density at radius 3 is 2.69 bits per heavy atom. The van der Waals surface area contributed by atoms with E-state index < -0.39 is 0 Å². The summed E-state index contributed by atoms with van der Waals surface area (Å²) in [6.45, 7) is 4.14. The fourth-order valence-corrected chi connectivity index (χ4v) is 3.60. The average molecular weight is 375 g/mol. The predicted molar refractivity (Wildman–Crippen MR) is 103 cm³/mol. The van der Waals surface area contributed by atoms with Gasteiger partial charge in [0.05, 0.1) is 17.8 Å². The minimum atomic E-state index is -0.318. The zero-order valence-corrected chi connectivity index (χ0v) is 15.7. The molecule has 26 heavy (non-hydrogen) atoms. The Hall–Kier alpha value is -2.43. The number of nitriles is 1. The number of likely N-dealkylation sites (N-methyl/N-ethyl adjacent to an activating group) is 1. The third kappa shape index (κ3) is 4.03. The molecule has 0 bridgehead atoms. The number of anilines is 1. The van der Waals surface area contributed by atoms with Gasteiger partial charge in [0.25, 0.3) is 0 Å². The van der Waals surface area contributed by atoms with Crippen molar-refractivity contribution >= 4 is 35.0 Å². The Balaban J connectivity index is 0.00000243. The van der Waals surface area contributed by atoms with Crippen molar-refractivity contribution in [3.05, 3.63) is 30.1 Å². The Bertz CT molecular complexity index is 836. The van der Waals surface area contributed by atoms with Crippen molar-refractivity contribution in [2.24, 2.45) is 11.7 Å². The first-order valence-corrected chi connectivity index (χ1v) is 8.37. The van der Waals surface area contributed by atoms with Crippen molar-refractivity contribution < 1.29 is 4.79 Å². The van der Waals surface area contributed by atoms with E-state index in [0.29, 0.717) is 17.0 Å². The molecule has 2 atom stereocenters. The first kappa shape index (κ1) is 19.9. The normalized spacial score (nSPS) is 19.8. The van der Waals surface area contributed by atoms with Crippen molar-refractivity contribution in [2.75, 3.05) is 31.6 Å². The van der Waals surface area contributed by atoms with Crippen LogP contribution in [0.3, 0.4) is 0 Å². The van der Waals surface area contributed by atoms with Crippen LogP contribution in [-0.2, 0) is 4.79 Å². The second kappa shape index (κ2) is 8.30. The van der Waals surface area contributed by atoms with Crippen molar-refractivity contribution in [1.29, 1.82) is 5.26 Å². The number of carbonyl (C=O) groups is 1. The first-order valence-electron chi connectivity index (χ1n) is 8.37. The standard InChI is InChI=1S/C18H22N6O.ClH/c1-12-7-14(23(2)11-16(20)25)10-24(9-12)15-4-3-13(8-19)17-18(15)22-6-5-21-17;/h3-6,12,14H,7,9-11H2,1-2H3,(H2,20,25);1H/t12-,14+;/m0./s1. The highest BCUT2D eigenvalue weighted by Crippen LogP contribution is 2.30. The van der Waals surface area contributed by atoms with Crippen LogP contribution in [0.4, 0.5) is 5.69 Å². The van der Waals surface area contributed by atoms with E-state index in [0.717, 1.165) is 30.7 Å². The number of aromatic nitrogens is 2. The largest absolute Gasteiger partial charge is 0.369 e. The van der Waals surface area contributed by atoms with Crippen LogP contribution >= 0.6 is 12.4 Å². The van der Waals surface area contributed by atoms with Gasteiger partial charge in [-0.3, -0.25) is 19.7 Å². The van der Waals surface area contributed by atoms with E-state index in [4.69, 9.17) is 5.73 Å². The molecule has 3 rings (SSSR count). The quantitative estimate of drug-likeness (QED) is 0.871. The Morgan fingerprint density at radius 2 is 2.04 bits per heavy atom. The molecule has 0 radical (unpaired) electrons. The number of nitrogens with zero attached hydrogens (tertiary/aromatic N) is 5. The summed E-state index contributed by atoms with van der Waals surface area (Å²) in [5, 5.41) is 9.30. The number of hydrogen-bond acceptors (Lipinski definition) is 6. The molecule has 7 nitrogen and oxygen atoms in total. The molecular formula is C18H23ClN6O. The molecule has 1 aliphatic heterocycles. The maximum Gasteiger partial charge on any atom is 0.231 e. The highest BCUT2D eigenvalue weighted by atomic mass is 35.5. The molecule has 1 amide bonds. The second-order valence-corrected chi connectivity index (χ2v) is 6.78. The summed E-state index contributed by atoms with van der Waals surface area (Å²) < 4.78 is 0. The van der Waals surface area contributed by atoms with Gasteiger partial charge in [-0.15, -0.1) is 12.4 Å². The summed E-state index contributed by atoms with van der Waals surface area (Å²) in [4.78, 5) is 24.3. The maximum absolute atomic E-state index is 11.2. The van der Waals surface area contributed by atoms with Crippen molar-refractivity contribution in [1.82, 2.24) is 14.9 Å². The summed E-state index contributed by atoms with van der Waals surface area (Å²) in [5.41, 5.74) is 8.22. The number of hydrogen-bond donors (Lipinski definition) is 1. The second-order valence-electron chi connectivity index (χ2n) is 6.78. The van der Waals surface area contributed by atoms with Gasteiger partial charge in [0.1, 0.15) is 17.1 Å². The molecule has 0 saturated carbocycles. The minimum Gasteiger partial charge on any atom is -0.369 e. The molecule has 0 spiro atoms. The van der Waals surface area contributed by atoms with Crippen LogP contribution in [0.2, 0.25) is 0 Å². The first-order chi connectivity index (χ1) is 12.0. The average Bonchev–Trinajstić information content (AvgIpc) is 2.59. The molecular weight excluding hydrogens is 352 g/mol. The summed E-state index contributed by atoms with van der Waals surface area (Å²) in [5.74, 6) is 0.151. The molecule has 1 aliphatic rings. The van der Waals surface area contributed by atoms with E-state index >= 15 is 0 Å². The van der Waals surface area contributed by atoms with Crippen molar-refractivity contribution in [3.63, 3.8) is 0 Å². The monoisotopic (exact) mass is 374 g/mol. The Morgan fingerprint density at radius 1 is 1.35 bits per heavy atom. The zero-order chi connectivity index (χ0) is 18.0. The maximum atomic E-state index is 11.2. The van der Waals surface area contributed by atoms with Crippen LogP contribution in [0.25, 0.3) is 11.0 Å². The molecule has 2 heterocycles. The van der Waals surface area contributed by atoms with Crippen molar-refractivity contribution in [3.8, 4) is 6.07 Å². The molecule has 0 aliphatic carbocycles. The fraction of sp³-hybridized carbons (Fsp3) is 0.444. The number of piperidine rings is 1. The van der Waals surface area contributed by atoms with Crippen LogP contribution in [0, 0.1) is 17.2 Å². The molecule has 1 saturated heterocycles. The van der Waals surface area contributed by atoms with E-state index in [9.17, 15) is 10.1 Å². The smallest absolute Gasteiger partial charge is 0.231 e. The summed E-state index contributed by atoms with van der Waals surface area (Å²) in [7, 11) is 1.93. The lowest BCUT2D eigenvalue weighted by Crippen LogP contribution is -2.51. The van der Waals surface area contributed by atoms with Gasteiger partial charge in [0, 0.05) is 31.5 Å². The van der Waals surface area contributed by atoms with E-state index in [1.165, 1.54) is 0 Å². The van der Waals surface area contributed by atoms with E-state index in [1.807, 2.05) is 18.0 Å². The van der Waals surface area contributed by atoms with Crippen LogP contribution in [-0.4, -0.2) is 53.5 Å². The van der Waals surface area contributed by atoms with E-state index in [2.05, 4.69) is 27.9 Å². The Labute approximate surface area is 159 Å². The van der Waals surface area contributed by atoms with Crippen molar-refractivity contribution in [2.45, 2.75) is 19.4 Å². The summed E-state index contributed by atoms with van der Waals surface area (Å²) >= 11 is 0. The van der Waals surface area contributed by atoms with E-state index in [-0.39, 0.29) is 30.9 Å². The summed E-state index contributed by atoms with van der Waals surface area (Å²) in [6, 6.07) is 6.15. The highest BCUT2D eigenvalue weighted by Gasteiger charge is 2.29. The predicted octanol–water partition coefficient (Wildman–Crippen LogP) is 1.56. The third-order valence-corrected chi connectivity index (χ3v) is 4.73. The van der Waals surface area contributed by atoms with Gasteiger partial charge in [0.2, 0.25) is 5.91 Å². The number of fused-ring (bicyclic) bond motifs is 1. The number of primary amides is 1. The number of nitrogens with two attached hydrogens (primary N) is 1. The lowest BCUT2D eigenvalue weighted by atomic mass is 9.94. The van der Waals surface area contributed by atoms with Crippen LogP contribution < -0.4 is 10.6 Å². The van der Waals surface area contributed by atoms with Gasteiger partial charge in [-0.25, -0.2) is 0 Å². The van der Waals surface area contributed by atoms with Gasteiger partial charge < -0.3 is 10.6 Å². The summed E-state index contributed by atoms with van der Waals surface area (Å²) in [6.07, 6.45) is 4.27. The number of halogens is 1. The van der Waals surface area contributed by atoms with Gasteiger partial charge in [-0.05, 0) is 31.5 Å². The number of rotatable bonds is 4. The Kier molecular flexibility index (Phi) is 6.35. The van der Waals surface area contributed by atoms with Crippen LogP contribution in [0.1, 0.15) is 18.9 Å². The SMILES string of the molecule is C[C@H]1C[C@@H](N(C)CC(N)=O)CN(c2ccc(C#N)c3nccnc23)C1.Cl. The molecule has 2 N–H and O–H groups in total. The zero-order valence-electron chi connectivity index (χ0n) is 14.9. The third-order valence-electron chi connectivity index (χ3n) is 4.73. The number of amides is 1. The molecule has 1 aromatic carbocycles. The molecule has 138 valence electrons. The van der Waals surface area contributed by atoms with Gasteiger partial charge in [-0.2, -0.15) is 5.26 Å². The van der Waals surface area contributed by atoms with Crippen LogP contribution in [0.5, 0.6) is 0 Å². The van der Waals surface area contributed by atoms with Gasteiger partial charge >= 0.3 is 0 Å². The molecule has 2 aromatic rings. The lowest BCUT2D eigenvalue weighted by molar-refractivity contribution is -0.119. The number of benzene rings is 1. The molecule has 8 heteroatoms. The highest BCUT2D eigenvalue weighted by molar-refractivity contribution is 5.92. The van der Waals surface area contributed by atoms with Gasteiger partial charge in [-0.1, -0.05) is 6.92 Å². The number of carbonyl (C=O) groups excluding carboxylic acids is 1. The lowest BCUT2D eigenvalue weighted by Gasteiger charge is -2.41.